The molecule has 0 aliphatic rings. The van der Waals surface area contributed by atoms with Gasteiger partial charge in [0, 0.05) is 27.3 Å². The molecule has 0 aliphatic carbocycles. The fourth-order valence-electron chi connectivity index (χ4n) is 3.18. The highest BCUT2D eigenvalue weighted by molar-refractivity contribution is 7.16. The van der Waals surface area contributed by atoms with Crippen molar-refractivity contribution in [3.05, 3.63) is 100 Å². The monoisotopic (exact) mass is 445 g/mol. The molecule has 0 aliphatic heterocycles. The largest absolute Gasteiger partial charge is 0.322 e. The number of nitrogens with one attached hydrogen (secondary N) is 2. The van der Waals surface area contributed by atoms with Crippen LogP contribution < -0.4 is 10.6 Å². The SMILES string of the molecule is Cc1ccc(C(=O)Nc2nc(-c3ccc(F)cc3)c(C)s2)cc1NC(=O)c1ccccc1. The van der Waals surface area contributed by atoms with Crippen molar-refractivity contribution in [2.75, 3.05) is 10.6 Å². The maximum Gasteiger partial charge on any atom is 0.257 e. The van der Waals surface area contributed by atoms with Crippen molar-refractivity contribution in [1.82, 2.24) is 4.98 Å². The van der Waals surface area contributed by atoms with Gasteiger partial charge in [-0.05, 0) is 67.9 Å². The van der Waals surface area contributed by atoms with Gasteiger partial charge in [-0.2, -0.15) is 0 Å². The third-order valence-electron chi connectivity index (χ3n) is 4.92. The average Bonchev–Trinajstić information content (AvgIpc) is 3.16. The van der Waals surface area contributed by atoms with E-state index in [1.54, 1.807) is 54.6 Å². The fraction of sp³-hybridized carbons (Fsp3) is 0.0800. The van der Waals surface area contributed by atoms with Gasteiger partial charge < -0.3 is 5.32 Å². The molecule has 0 saturated carbocycles. The van der Waals surface area contributed by atoms with E-state index in [2.05, 4.69) is 15.6 Å². The van der Waals surface area contributed by atoms with Crippen molar-refractivity contribution in [2.24, 2.45) is 0 Å². The Morgan fingerprint density at radius 2 is 1.53 bits per heavy atom. The number of nitrogens with zero attached hydrogens (tertiary/aromatic N) is 1. The van der Waals surface area contributed by atoms with Crippen LogP contribution in [0.4, 0.5) is 15.2 Å². The number of rotatable bonds is 5. The Hall–Kier alpha value is -3.84. The summed E-state index contributed by atoms with van der Waals surface area (Å²) in [5.74, 6) is -0.893. The van der Waals surface area contributed by atoms with Crippen molar-refractivity contribution in [1.29, 1.82) is 0 Å². The van der Waals surface area contributed by atoms with Crippen LogP contribution in [0.3, 0.4) is 0 Å². The number of hydrogen-bond donors (Lipinski definition) is 2. The number of anilines is 2. The minimum Gasteiger partial charge on any atom is -0.322 e. The van der Waals surface area contributed by atoms with Crippen molar-refractivity contribution in [3.63, 3.8) is 0 Å². The predicted octanol–water partition coefficient (Wildman–Crippen LogP) is 6.07. The molecule has 0 atom stereocenters. The molecular weight excluding hydrogens is 425 g/mol. The van der Waals surface area contributed by atoms with Crippen LogP contribution >= 0.6 is 11.3 Å². The van der Waals surface area contributed by atoms with E-state index in [0.29, 0.717) is 27.6 Å². The van der Waals surface area contributed by atoms with Gasteiger partial charge in [0.25, 0.3) is 11.8 Å². The lowest BCUT2D eigenvalue weighted by Crippen LogP contribution is -2.15. The smallest absolute Gasteiger partial charge is 0.257 e. The maximum absolute atomic E-state index is 13.2. The highest BCUT2D eigenvalue weighted by atomic mass is 32.1. The van der Waals surface area contributed by atoms with E-state index in [4.69, 9.17) is 0 Å². The number of hydrogen-bond acceptors (Lipinski definition) is 4. The first-order valence-corrected chi connectivity index (χ1v) is 10.7. The van der Waals surface area contributed by atoms with Crippen molar-refractivity contribution in [2.45, 2.75) is 13.8 Å². The van der Waals surface area contributed by atoms with Crippen LogP contribution in [-0.4, -0.2) is 16.8 Å². The fourth-order valence-corrected chi connectivity index (χ4v) is 4.01. The number of aromatic nitrogens is 1. The minimum absolute atomic E-state index is 0.245. The topological polar surface area (TPSA) is 71.1 Å². The second-order valence-corrected chi connectivity index (χ2v) is 8.44. The summed E-state index contributed by atoms with van der Waals surface area (Å²) in [5.41, 5.74) is 3.82. The van der Waals surface area contributed by atoms with E-state index in [-0.39, 0.29) is 17.6 Å². The number of aryl methyl sites for hydroxylation is 2. The maximum atomic E-state index is 13.2. The van der Waals surface area contributed by atoms with Gasteiger partial charge in [0.1, 0.15) is 5.82 Å². The summed E-state index contributed by atoms with van der Waals surface area (Å²) >= 11 is 1.35. The summed E-state index contributed by atoms with van der Waals surface area (Å²) in [6.45, 7) is 3.76. The van der Waals surface area contributed by atoms with Gasteiger partial charge in [0.2, 0.25) is 0 Å². The number of thiazole rings is 1. The molecule has 1 aromatic heterocycles. The van der Waals surface area contributed by atoms with Crippen molar-refractivity contribution < 1.29 is 14.0 Å². The molecule has 0 fully saturated rings. The van der Waals surface area contributed by atoms with Crippen LogP contribution in [0.15, 0.2) is 72.8 Å². The van der Waals surface area contributed by atoms with Crippen molar-refractivity contribution >= 4 is 34.0 Å². The van der Waals surface area contributed by atoms with Gasteiger partial charge in [-0.15, -0.1) is 11.3 Å². The molecular formula is C25H20FN3O2S. The first kappa shape index (κ1) is 21.4. The molecule has 2 N–H and O–H groups in total. The number of amides is 2. The zero-order valence-corrected chi connectivity index (χ0v) is 18.3. The highest BCUT2D eigenvalue weighted by Gasteiger charge is 2.15. The molecule has 160 valence electrons. The Morgan fingerprint density at radius 1 is 0.844 bits per heavy atom. The standard InChI is InChI=1S/C25H20FN3O2S/c1-15-8-9-19(14-21(15)27-23(30)18-6-4-3-5-7-18)24(31)29-25-28-22(16(2)32-25)17-10-12-20(26)13-11-17/h3-14H,1-2H3,(H,27,30)(H,28,29,31). The summed E-state index contributed by atoms with van der Waals surface area (Å²) in [4.78, 5) is 30.7. The lowest BCUT2D eigenvalue weighted by Gasteiger charge is -2.10. The Bertz CT molecular complexity index is 1280. The molecule has 2 amide bonds. The van der Waals surface area contributed by atoms with Crippen LogP contribution in [0.5, 0.6) is 0 Å². The Balaban J connectivity index is 1.52. The van der Waals surface area contributed by atoms with E-state index in [9.17, 15) is 14.0 Å². The molecule has 4 rings (SSSR count). The Labute approximate surface area is 189 Å². The van der Waals surface area contributed by atoms with Crippen LogP contribution in [-0.2, 0) is 0 Å². The van der Waals surface area contributed by atoms with E-state index < -0.39 is 0 Å². The highest BCUT2D eigenvalue weighted by Crippen LogP contribution is 2.31. The van der Waals surface area contributed by atoms with E-state index in [1.165, 1.54) is 23.5 Å². The molecule has 0 spiro atoms. The van der Waals surface area contributed by atoms with Gasteiger partial charge in [-0.3, -0.25) is 14.9 Å². The Morgan fingerprint density at radius 3 is 2.25 bits per heavy atom. The van der Waals surface area contributed by atoms with Crippen molar-refractivity contribution in [3.8, 4) is 11.3 Å². The molecule has 7 heteroatoms. The number of carbonyl (C=O) groups excluding carboxylic acids is 2. The lowest BCUT2D eigenvalue weighted by molar-refractivity contribution is 0.101. The summed E-state index contributed by atoms with van der Waals surface area (Å²) in [5, 5.41) is 6.12. The minimum atomic E-state index is -0.334. The molecule has 0 unspecified atom stereocenters. The second-order valence-electron chi connectivity index (χ2n) is 7.23. The summed E-state index contributed by atoms with van der Waals surface area (Å²) < 4.78 is 13.2. The van der Waals surface area contributed by atoms with Gasteiger partial charge in [0.15, 0.2) is 5.13 Å². The molecule has 4 aromatic rings. The van der Waals surface area contributed by atoms with Crippen LogP contribution in [0.2, 0.25) is 0 Å². The van der Waals surface area contributed by atoms with Crippen LogP contribution in [0, 0.1) is 19.7 Å². The number of halogens is 1. The molecule has 5 nitrogen and oxygen atoms in total. The molecule has 32 heavy (non-hydrogen) atoms. The number of benzene rings is 3. The van der Waals surface area contributed by atoms with E-state index in [1.807, 2.05) is 19.9 Å². The van der Waals surface area contributed by atoms with Gasteiger partial charge in [-0.1, -0.05) is 24.3 Å². The van der Waals surface area contributed by atoms with E-state index in [0.717, 1.165) is 16.0 Å². The normalized spacial score (nSPS) is 10.6. The molecule has 0 bridgehead atoms. The molecule has 1 heterocycles. The molecule has 3 aromatic carbocycles. The quantitative estimate of drug-likeness (QED) is 0.392. The zero-order valence-electron chi connectivity index (χ0n) is 17.5. The third kappa shape index (κ3) is 4.73. The third-order valence-corrected chi connectivity index (χ3v) is 5.80. The van der Waals surface area contributed by atoms with Crippen LogP contribution in [0.25, 0.3) is 11.3 Å². The second kappa shape index (κ2) is 9.11. The summed E-state index contributed by atoms with van der Waals surface area (Å²) in [7, 11) is 0. The summed E-state index contributed by atoms with van der Waals surface area (Å²) in [6, 6.07) is 20.1. The van der Waals surface area contributed by atoms with Gasteiger partial charge >= 0.3 is 0 Å². The van der Waals surface area contributed by atoms with Gasteiger partial charge in [-0.25, -0.2) is 9.37 Å². The van der Waals surface area contributed by atoms with E-state index >= 15 is 0 Å². The molecule has 0 radical (unpaired) electrons. The lowest BCUT2D eigenvalue weighted by atomic mass is 10.1. The Kier molecular flexibility index (Phi) is 6.09. The summed E-state index contributed by atoms with van der Waals surface area (Å²) in [6.07, 6.45) is 0. The first-order chi connectivity index (χ1) is 15.4. The number of carbonyl (C=O) groups is 2. The zero-order chi connectivity index (χ0) is 22.7. The molecule has 0 saturated heterocycles. The first-order valence-electron chi connectivity index (χ1n) is 9.92. The average molecular weight is 446 g/mol. The predicted molar refractivity (Wildman–Crippen MR) is 126 cm³/mol. The van der Waals surface area contributed by atoms with Gasteiger partial charge in [0.05, 0.1) is 5.69 Å². The van der Waals surface area contributed by atoms with Crippen LogP contribution in [0.1, 0.15) is 31.2 Å².